The predicted octanol–water partition coefficient (Wildman–Crippen LogP) is 2.15. The van der Waals surface area contributed by atoms with Crippen molar-refractivity contribution in [1.29, 1.82) is 0 Å². The first-order valence-corrected chi connectivity index (χ1v) is 7.34. The molecule has 0 radical (unpaired) electrons. The van der Waals surface area contributed by atoms with E-state index in [2.05, 4.69) is 45.1 Å². The van der Waals surface area contributed by atoms with Crippen molar-refractivity contribution in [2.75, 3.05) is 26.2 Å². The lowest BCUT2D eigenvalue weighted by Gasteiger charge is -2.27. The van der Waals surface area contributed by atoms with E-state index in [9.17, 15) is 0 Å². The molecule has 2 unspecified atom stereocenters. The molecule has 0 amide bonds. The van der Waals surface area contributed by atoms with Crippen LogP contribution in [0.1, 0.15) is 24.4 Å². The highest BCUT2D eigenvalue weighted by Gasteiger charge is 2.27. The number of aliphatic hydroxyl groups excluding tert-OH is 1. The molecule has 1 aromatic rings. The van der Waals surface area contributed by atoms with Crippen LogP contribution >= 0.6 is 15.9 Å². The maximum Gasteiger partial charge on any atom is 0.0470 e. The second-order valence-electron chi connectivity index (χ2n) is 4.96. The fraction of sp³-hybridized carbons (Fsp3) is 0.571. The average molecular weight is 313 g/mol. The van der Waals surface area contributed by atoms with Crippen molar-refractivity contribution >= 4 is 15.9 Å². The summed E-state index contributed by atoms with van der Waals surface area (Å²) in [5, 5.41) is 9.01. The van der Waals surface area contributed by atoms with Gasteiger partial charge < -0.3 is 10.8 Å². The van der Waals surface area contributed by atoms with Gasteiger partial charge in [-0.3, -0.25) is 4.90 Å². The zero-order valence-corrected chi connectivity index (χ0v) is 12.1. The molecular weight excluding hydrogens is 292 g/mol. The van der Waals surface area contributed by atoms with Crippen molar-refractivity contribution in [1.82, 2.24) is 4.90 Å². The molecule has 2 rings (SSSR count). The Morgan fingerprint density at radius 1 is 1.39 bits per heavy atom. The van der Waals surface area contributed by atoms with E-state index in [1.165, 1.54) is 12.0 Å². The molecule has 0 spiro atoms. The van der Waals surface area contributed by atoms with Crippen LogP contribution in [0.3, 0.4) is 0 Å². The third kappa shape index (κ3) is 3.32. The number of benzene rings is 1. The van der Waals surface area contributed by atoms with Crippen LogP contribution in [0.5, 0.6) is 0 Å². The second kappa shape index (κ2) is 6.66. The van der Waals surface area contributed by atoms with E-state index in [0.29, 0.717) is 25.1 Å². The van der Waals surface area contributed by atoms with Crippen LogP contribution in [0.25, 0.3) is 0 Å². The van der Waals surface area contributed by atoms with Gasteiger partial charge in [0.15, 0.2) is 0 Å². The van der Waals surface area contributed by atoms with Crippen LogP contribution in [0.4, 0.5) is 0 Å². The van der Waals surface area contributed by atoms with Gasteiger partial charge in [0.2, 0.25) is 0 Å². The number of halogens is 1. The van der Waals surface area contributed by atoms with E-state index in [1.54, 1.807) is 0 Å². The van der Waals surface area contributed by atoms with E-state index in [-0.39, 0.29) is 0 Å². The Bertz CT molecular complexity index is 369. The Morgan fingerprint density at radius 3 is 2.72 bits per heavy atom. The monoisotopic (exact) mass is 312 g/mol. The minimum atomic E-state index is 0.296. The van der Waals surface area contributed by atoms with Gasteiger partial charge in [-0.05, 0) is 43.0 Å². The third-order valence-electron chi connectivity index (χ3n) is 3.77. The quantitative estimate of drug-likeness (QED) is 0.876. The van der Waals surface area contributed by atoms with Crippen LogP contribution < -0.4 is 5.73 Å². The van der Waals surface area contributed by atoms with Gasteiger partial charge >= 0.3 is 0 Å². The summed E-state index contributed by atoms with van der Waals surface area (Å²) in [5.41, 5.74) is 7.22. The molecule has 3 nitrogen and oxygen atoms in total. The topological polar surface area (TPSA) is 49.5 Å². The molecule has 0 aliphatic carbocycles. The van der Waals surface area contributed by atoms with Crippen molar-refractivity contribution in [3.05, 3.63) is 34.3 Å². The normalized spacial score (nSPS) is 22.3. The molecule has 1 fully saturated rings. The molecule has 1 saturated heterocycles. The third-order valence-corrected chi connectivity index (χ3v) is 4.30. The molecule has 1 aliphatic rings. The summed E-state index contributed by atoms with van der Waals surface area (Å²) >= 11 is 3.46. The highest BCUT2D eigenvalue weighted by atomic mass is 79.9. The number of nitrogens with zero attached hydrogens (tertiary/aromatic N) is 1. The van der Waals surface area contributed by atoms with Crippen molar-refractivity contribution in [2.24, 2.45) is 11.7 Å². The predicted molar refractivity (Wildman–Crippen MR) is 77.3 cm³/mol. The van der Waals surface area contributed by atoms with Crippen molar-refractivity contribution in [3.8, 4) is 0 Å². The van der Waals surface area contributed by atoms with E-state index in [0.717, 1.165) is 24.0 Å². The molecule has 0 bridgehead atoms. The van der Waals surface area contributed by atoms with Gasteiger partial charge in [-0.15, -0.1) is 0 Å². The molecule has 3 N–H and O–H groups in total. The second-order valence-corrected chi connectivity index (χ2v) is 5.88. The van der Waals surface area contributed by atoms with Gasteiger partial charge in [-0.25, -0.2) is 0 Å². The van der Waals surface area contributed by atoms with E-state index >= 15 is 0 Å². The number of nitrogens with two attached hydrogens (primary N) is 1. The number of hydrogen-bond donors (Lipinski definition) is 2. The van der Waals surface area contributed by atoms with Crippen molar-refractivity contribution in [3.63, 3.8) is 0 Å². The van der Waals surface area contributed by atoms with Crippen molar-refractivity contribution < 1.29 is 5.11 Å². The zero-order chi connectivity index (χ0) is 13.0. The lowest BCUT2D eigenvalue weighted by atomic mass is 10.0. The maximum atomic E-state index is 9.01. The standard InChI is InChI=1S/C14H21BrN2O/c15-13-3-1-12(2-4-13)14(9-16)17-7-5-11(10-17)6-8-18/h1-4,11,14,18H,5-10,16H2. The summed E-state index contributed by atoms with van der Waals surface area (Å²) in [7, 11) is 0. The van der Waals surface area contributed by atoms with Crippen LogP contribution in [0.15, 0.2) is 28.7 Å². The molecule has 2 atom stereocenters. The maximum absolute atomic E-state index is 9.01. The molecule has 1 heterocycles. The van der Waals surface area contributed by atoms with Gasteiger partial charge in [0.1, 0.15) is 0 Å². The average Bonchev–Trinajstić information content (AvgIpc) is 2.82. The highest BCUT2D eigenvalue weighted by molar-refractivity contribution is 9.10. The van der Waals surface area contributed by atoms with Crippen LogP contribution in [0, 0.1) is 5.92 Å². The Labute approximate surface area is 117 Å². The molecule has 1 aliphatic heterocycles. The fourth-order valence-electron chi connectivity index (χ4n) is 2.74. The summed E-state index contributed by atoms with van der Waals surface area (Å²) in [6.07, 6.45) is 2.09. The summed E-state index contributed by atoms with van der Waals surface area (Å²) < 4.78 is 1.10. The SMILES string of the molecule is NCC(c1ccc(Br)cc1)N1CCC(CCO)C1. The first-order chi connectivity index (χ1) is 8.74. The highest BCUT2D eigenvalue weighted by Crippen LogP contribution is 2.29. The minimum Gasteiger partial charge on any atom is -0.396 e. The largest absolute Gasteiger partial charge is 0.396 e. The van der Waals surface area contributed by atoms with Crippen LogP contribution in [0.2, 0.25) is 0 Å². The van der Waals surface area contributed by atoms with Gasteiger partial charge in [0.25, 0.3) is 0 Å². The molecule has 100 valence electrons. The van der Waals surface area contributed by atoms with Gasteiger partial charge in [-0.1, -0.05) is 28.1 Å². The Balaban J connectivity index is 2.03. The molecule has 18 heavy (non-hydrogen) atoms. The van der Waals surface area contributed by atoms with Gasteiger partial charge in [0, 0.05) is 30.2 Å². The van der Waals surface area contributed by atoms with E-state index in [1.807, 2.05) is 0 Å². The molecule has 1 aromatic carbocycles. The summed E-state index contributed by atoms with van der Waals surface area (Å²) in [6, 6.07) is 8.72. The van der Waals surface area contributed by atoms with Gasteiger partial charge in [0.05, 0.1) is 0 Å². The summed E-state index contributed by atoms with van der Waals surface area (Å²) in [6.45, 7) is 3.08. The van der Waals surface area contributed by atoms with Crippen LogP contribution in [-0.2, 0) is 0 Å². The Morgan fingerprint density at radius 2 is 2.11 bits per heavy atom. The molecule has 0 saturated carbocycles. The number of likely N-dealkylation sites (tertiary alicyclic amines) is 1. The van der Waals surface area contributed by atoms with Crippen LogP contribution in [-0.4, -0.2) is 36.2 Å². The Hall–Kier alpha value is -0.420. The lowest BCUT2D eigenvalue weighted by Crippen LogP contribution is -2.32. The Kier molecular flexibility index (Phi) is 5.18. The van der Waals surface area contributed by atoms with Crippen molar-refractivity contribution in [2.45, 2.75) is 18.9 Å². The van der Waals surface area contributed by atoms with E-state index < -0.39 is 0 Å². The number of aliphatic hydroxyl groups is 1. The van der Waals surface area contributed by atoms with E-state index in [4.69, 9.17) is 10.8 Å². The number of rotatable bonds is 5. The number of hydrogen-bond acceptors (Lipinski definition) is 3. The smallest absolute Gasteiger partial charge is 0.0470 e. The first kappa shape index (κ1) is 14.0. The minimum absolute atomic E-state index is 0.296. The summed E-state index contributed by atoms with van der Waals surface area (Å²) in [4.78, 5) is 2.45. The first-order valence-electron chi connectivity index (χ1n) is 6.55. The molecular formula is C14H21BrN2O. The molecule has 4 heteroatoms. The van der Waals surface area contributed by atoms with Gasteiger partial charge in [-0.2, -0.15) is 0 Å². The summed E-state index contributed by atoms with van der Waals surface area (Å²) in [5.74, 6) is 0.625. The lowest BCUT2D eigenvalue weighted by molar-refractivity contribution is 0.223. The fourth-order valence-corrected chi connectivity index (χ4v) is 3.01. The zero-order valence-electron chi connectivity index (χ0n) is 10.6. The molecule has 0 aromatic heterocycles.